The summed E-state index contributed by atoms with van der Waals surface area (Å²) in [6, 6.07) is 13.8. The Kier molecular flexibility index (Phi) is 8.78. The maximum atomic E-state index is 12.2. The SMILES string of the molecule is COc1cccc(NC(=O)COc2ccccc2/C=N\NC(=O)C(=O)NC[C@@H]2CCCO2)c1. The van der Waals surface area contributed by atoms with Crippen molar-refractivity contribution in [3.05, 3.63) is 54.1 Å². The van der Waals surface area contributed by atoms with Gasteiger partial charge in [-0.3, -0.25) is 14.4 Å². The fourth-order valence-corrected chi connectivity index (χ4v) is 3.06. The zero-order valence-electron chi connectivity index (χ0n) is 18.2. The molecule has 0 radical (unpaired) electrons. The van der Waals surface area contributed by atoms with Crippen LogP contribution in [0.4, 0.5) is 5.69 Å². The van der Waals surface area contributed by atoms with Gasteiger partial charge in [-0.2, -0.15) is 5.10 Å². The smallest absolute Gasteiger partial charge is 0.329 e. The number of hydrogen-bond donors (Lipinski definition) is 3. The molecular weight excluding hydrogens is 428 g/mol. The number of hydrazone groups is 1. The van der Waals surface area contributed by atoms with Crippen LogP contribution in [-0.2, 0) is 19.1 Å². The van der Waals surface area contributed by atoms with Crippen molar-refractivity contribution in [1.82, 2.24) is 10.7 Å². The number of carbonyl (C=O) groups excluding carboxylic acids is 3. The van der Waals surface area contributed by atoms with Crippen LogP contribution >= 0.6 is 0 Å². The molecule has 1 atom stereocenters. The van der Waals surface area contributed by atoms with E-state index in [1.165, 1.54) is 6.21 Å². The van der Waals surface area contributed by atoms with Gasteiger partial charge in [-0.15, -0.1) is 0 Å². The highest BCUT2D eigenvalue weighted by Crippen LogP contribution is 2.18. The van der Waals surface area contributed by atoms with Gasteiger partial charge in [-0.05, 0) is 37.1 Å². The van der Waals surface area contributed by atoms with Gasteiger partial charge < -0.3 is 24.8 Å². The maximum absolute atomic E-state index is 12.2. The first kappa shape index (κ1) is 23.7. The van der Waals surface area contributed by atoms with E-state index in [1.807, 2.05) is 0 Å². The van der Waals surface area contributed by atoms with Gasteiger partial charge in [0.05, 0.1) is 19.4 Å². The van der Waals surface area contributed by atoms with Crippen molar-refractivity contribution in [2.24, 2.45) is 5.10 Å². The van der Waals surface area contributed by atoms with E-state index in [2.05, 4.69) is 21.2 Å². The largest absolute Gasteiger partial charge is 0.497 e. The molecule has 33 heavy (non-hydrogen) atoms. The average Bonchev–Trinajstić information content (AvgIpc) is 3.35. The third-order valence-corrected chi connectivity index (χ3v) is 4.72. The van der Waals surface area contributed by atoms with Crippen LogP contribution in [0.5, 0.6) is 11.5 Å². The van der Waals surface area contributed by atoms with E-state index in [4.69, 9.17) is 14.2 Å². The number of anilines is 1. The highest BCUT2D eigenvalue weighted by Gasteiger charge is 2.19. The lowest BCUT2D eigenvalue weighted by Crippen LogP contribution is -2.41. The Bertz CT molecular complexity index is 1000. The Balaban J connectivity index is 1.47. The molecule has 1 fully saturated rings. The summed E-state index contributed by atoms with van der Waals surface area (Å²) in [7, 11) is 1.54. The minimum atomic E-state index is -0.889. The number of amides is 3. The second-order valence-electron chi connectivity index (χ2n) is 7.15. The molecule has 0 aliphatic carbocycles. The summed E-state index contributed by atoms with van der Waals surface area (Å²) in [6.45, 7) is 0.714. The average molecular weight is 454 g/mol. The van der Waals surface area contributed by atoms with E-state index in [-0.39, 0.29) is 25.2 Å². The predicted octanol–water partition coefficient (Wildman–Crippen LogP) is 1.46. The van der Waals surface area contributed by atoms with E-state index in [0.717, 1.165) is 12.8 Å². The minimum Gasteiger partial charge on any atom is -0.497 e. The van der Waals surface area contributed by atoms with Crippen LogP contribution in [0.25, 0.3) is 0 Å². The molecule has 174 valence electrons. The Labute approximate surface area is 191 Å². The molecule has 2 aromatic rings. The molecule has 0 bridgehead atoms. The van der Waals surface area contributed by atoms with Crippen molar-refractivity contribution < 1.29 is 28.6 Å². The number of nitrogens with zero attached hydrogens (tertiary/aromatic N) is 1. The zero-order valence-corrected chi connectivity index (χ0v) is 18.2. The molecule has 3 N–H and O–H groups in total. The van der Waals surface area contributed by atoms with Crippen LogP contribution in [0.2, 0.25) is 0 Å². The van der Waals surface area contributed by atoms with Crippen LogP contribution in [0, 0.1) is 0 Å². The van der Waals surface area contributed by atoms with Crippen LogP contribution in [0.1, 0.15) is 18.4 Å². The van der Waals surface area contributed by atoms with Crippen LogP contribution in [-0.4, -0.2) is 56.9 Å². The third-order valence-electron chi connectivity index (χ3n) is 4.72. The number of para-hydroxylation sites is 1. The number of carbonyl (C=O) groups is 3. The monoisotopic (exact) mass is 454 g/mol. The van der Waals surface area contributed by atoms with Gasteiger partial charge in [0.1, 0.15) is 11.5 Å². The summed E-state index contributed by atoms with van der Waals surface area (Å²) >= 11 is 0. The zero-order chi connectivity index (χ0) is 23.5. The Hall–Kier alpha value is -3.92. The van der Waals surface area contributed by atoms with Gasteiger partial charge in [-0.1, -0.05) is 18.2 Å². The molecule has 1 aliphatic rings. The van der Waals surface area contributed by atoms with E-state index >= 15 is 0 Å². The Morgan fingerprint density at radius 3 is 2.79 bits per heavy atom. The Morgan fingerprint density at radius 2 is 2.00 bits per heavy atom. The number of ether oxygens (including phenoxy) is 3. The van der Waals surface area contributed by atoms with Crippen molar-refractivity contribution in [1.29, 1.82) is 0 Å². The standard InChI is InChI=1S/C23H26N4O6/c1-31-18-8-4-7-17(12-18)26-21(28)15-33-20-10-3-2-6-16(20)13-25-27-23(30)22(29)24-14-19-9-5-11-32-19/h2-4,6-8,10,12-13,19H,5,9,11,14-15H2,1H3,(H,24,29)(H,26,28)(H,27,30)/b25-13-/t19-/m0/s1. The van der Waals surface area contributed by atoms with Crippen LogP contribution in [0.3, 0.4) is 0 Å². The molecule has 2 aromatic carbocycles. The molecule has 3 rings (SSSR count). The molecule has 0 saturated carbocycles. The van der Waals surface area contributed by atoms with Gasteiger partial charge in [-0.25, -0.2) is 5.43 Å². The summed E-state index contributed by atoms with van der Waals surface area (Å²) < 4.78 is 16.1. The first-order valence-corrected chi connectivity index (χ1v) is 10.4. The molecule has 0 aromatic heterocycles. The summed E-state index contributed by atoms with van der Waals surface area (Å²) in [5, 5.41) is 9.04. The lowest BCUT2D eigenvalue weighted by Gasteiger charge is -2.10. The minimum absolute atomic E-state index is 0.0598. The van der Waals surface area contributed by atoms with Crippen LogP contribution in [0.15, 0.2) is 53.6 Å². The topological polar surface area (TPSA) is 127 Å². The number of benzene rings is 2. The van der Waals surface area contributed by atoms with E-state index in [1.54, 1.807) is 55.6 Å². The number of rotatable bonds is 9. The van der Waals surface area contributed by atoms with Gasteiger partial charge >= 0.3 is 11.8 Å². The predicted molar refractivity (Wildman–Crippen MR) is 121 cm³/mol. The maximum Gasteiger partial charge on any atom is 0.329 e. The van der Waals surface area contributed by atoms with Gasteiger partial charge in [0.2, 0.25) is 0 Å². The van der Waals surface area contributed by atoms with Crippen molar-refractivity contribution in [3.63, 3.8) is 0 Å². The van der Waals surface area contributed by atoms with E-state index in [0.29, 0.717) is 29.4 Å². The summed E-state index contributed by atoms with van der Waals surface area (Å²) in [5.74, 6) is -1.02. The van der Waals surface area contributed by atoms with Gasteiger partial charge in [0.25, 0.3) is 5.91 Å². The molecule has 10 nitrogen and oxygen atoms in total. The summed E-state index contributed by atoms with van der Waals surface area (Å²) in [5.41, 5.74) is 3.27. The highest BCUT2D eigenvalue weighted by atomic mass is 16.5. The molecular formula is C23H26N4O6. The van der Waals surface area contributed by atoms with Crippen molar-refractivity contribution in [2.45, 2.75) is 18.9 Å². The molecule has 0 spiro atoms. The van der Waals surface area contributed by atoms with Crippen molar-refractivity contribution in [2.75, 3.05) is 32.2 Å². The number of hydrogen-bond acceptors (Lipinski definition) is 7. The first-order chi connectivity index (χ1) is 16.0. The lowest BCUT2D eigenvalue weighted by molar-refractivity contribution is -0.139. The van der Waals surface area contributed by atoms with Crippen molar-refractivity contribution >= 4 is 29.6 Å². The summed E-state index contributed by atoms with van der Waals surface area (Å²) in [6.07, 6.45) is 3.08. The van der Waals surface area contributed by atoms with Gasteiger partial charge in [0.15, 0.2) is 6.61 Å². The Morgan fingerprint density at radius 1 is 1.15 bits per heavy atom. The second-order valence-corrected chi connectivity index (χ2v) is 7.15. The number of methoxy groups -OCH3 is 1. The quantitative estimate of drug-likeness (QED) is 0.299. The highest BCUT2D eigenvalue weighted by molar-refractivity contribution is 6.35. The first-order valence-electron chi connectivity index (χ1n) is 10.4. The third kappa shape index (κ3) is 7.62. The van der Waals surface area contributed by atoms with Gasteiger partial charge in [0, 0.05) is 30.5 Å². The normalized spacial score (nSPS) is 15.1. The van der Waals surface area contributed by atoms with E-state index < -0.39 is 11.8 Å². The lowest BCUT2D eigenvalue weighted by atomic mass is 10.2. The molecule has 0 unspecified atom stereocenters. The van der Waals surface area contributed by atoms with E-state index in [9.17, 15) is 14.4 Å². The van der Waals surface area contributed by atoms with Crippen LogP contribution < -0.4 is 25.5 Å². The molecule has 3 amide bonds. The fraction of sp³-hybridized carbons (Fsp3) is 0.304. The molecule has 1 heterocycles. The molecule has 1 aliphatic heterocycles. The van der Waals surface area contributed by atoms with Crippen molar-refractivity contribution in [3.8, 4) is 11.5 Å². The number of nitrogens with one attached hydrogen (secondary N) is 3. The molecule has 1 saturated heterocycles. The molecule has 10 heteroatoms. The second kappa shape index (κ2) is 12.2. The summed E-state index contributed by atoms with van der Waals surface area (Å²) in [4.78, 5) is 35.9. The fourth-order valence-electron chi connectivity index (χ4n) is 3.06.